The van der Waals surface area contributed by atoms with Gasteiger partial charge in [0.25, 0.3) is 5.91 Å². The molecule has 1 aliphatic heterocycles. The number of ether oxygens (including phenoxy) is 4. The molecule has 0 aromatic heterocycles. The van der Waals surface area contributed by atoms with Crippen LogP contribution in [-0.4, -0.2) is 62.4 Å². The van der Waals surface area contributed by atoms with Crippen LogP contribution in [0.25, 0.3) is 6.08 Å². The molecule has 0 spiro atoms. The van der Waals surface area contributed by atoms with Gasteiger partial charge < -0.3 is 23.8 Å². The van der Waals surface area contributed by atoms with E-state index < -0.39 is 5.97 Å². The van der Waals surface area contributed by atoms with Crippen molar-refractivity contribution < 1.29 is 28.5 Å². The first-order chi connectivity index (χ1) is 12.9. The first-order valence-electron chi connectivity index (χ1n) is 8.95. The number of allylic oxidation sites excluding steroid dienone is 1. The van der Waals surface area contributed by atoms with Crippen LogP contribution in [0.2, 0.25) is 0 Å². The molecule has 0 bridgehead atoms. The average Bonchev–Trinajstić information content (AvgIpc) is 2.64. The summed E-state index contributed by atoms with van der Waals surface area (Å²) in [5.41, 5.74) is 0.962. The molecule has 1 fully saturated rings. The van der Waals surface area contributed by atoms with Crippen LogP contribution < -0.4 is 9.47 Å². The molecule has 0 saturated carbocycles. The van der Waals surface area contributed by atoms with Crippen LogP contribution in [0, 0.1) is 0 Å². The van der Waals surface area contributed by atoms with Crippen molar-refractivity contribution in [1.29, 1.82) is 0 Å². The predicted molar refractivity (Wildman–Crippen MR) is 101 cm³/mol. The highest BCUT2D eigenvalue weighted by atomic mass is 16.6. The molecule has 2 rings (SSSR count). The summed E-state index contributed by atoms with van der Waals surface area (Å²) in [6.07, 6.45) is 3.78. The van der Waals surface area contributed by atoms with Gasteiger partial charge in [0, 0.05) is 13.1 Å². The van der Waals surface area contributed by atoms with Gasteiger partial charge in [0.15, 0.2) is 24.7 Å². The maximum atomic E-state index is 12.2. The average molecular weight is 377 g/mol. The largest absolute Gasteiger partial charge is 0.493 e. The summed E-state index contributed by atoms with van der Waals surface area (Å²) in [7, 11) is 1.53. The Bertz CT molecular complexity index is 677. The molecular weight excluding hydrogens is 350 g/mol. The third-order valence-corrected chi connectivity index (χ3v) is 4.02. The molecule has 7 nitrogen and oxygen atoms in total. The molecule has 1 aromatic carbocycles. The lowest BCUT2D eigenvalue weighted by Crippen LogP contribution is -2.49. The predicted octanol–water partition coefficient (Wildman–Crippen LogP) is 2.29. The molecule has 7 heteroatoms. The number of methoxy groups -OCH3 is 1. The molecule has 27 heavy (non-hydrogen) atoms. The smallest absolute Gasteiger partial charge is 0.344 e. The van der Waals surface area contributed by atoms with E-state index in [9.17, 15) is 9.59 Å². The number of esters is 1. The summed E-state index contributed by atoms with van der Waals surface area (Å²) in [5, 5.41) is 0. The lowest BCUT2D eigenvalue weighted by molar-refractivity contribution is -0.158. The van der Waals surface area contributed by atoms with E-state index in [0.717, 1.165) is 5.56 Å². The van der Waals surface area contributed by atoms with Gasteiger partial charge >= 0.3 is 5.97 Å². The van der Waals surface area contributed by atoms with Gasteiger partial charge in [-0.05, 0) is 38.5 Å². The highest BCUT2D eigenvalue weighted by molar-refractivity contribution is 5.81. The topological polar surface area (TPSA) is 74.3 Å². The van der Waals surface area contributed by atoms with E-state index in [1.165, 1.54) is 7.11 Å². The molecule has 0 aliphatic carbocycles. The van der Waals surface area contributed by atoms with Crippen molar-refractivity contribution in [3.63, 3.8) is 0 Å². The number of hydrogen-bond donors (Lipinski definition) is 0. The highest BCUT2D eigenvalue weighted by Crippen LogP contribution is 2.28. The SMILES string of the molecule is C/C=C/c1ccc(OCC(=O)OCC(=O)N2C[C@@H](C)O[C@@H](C)C2)c(OC)c1. The van der Waals surface area contributed by atoms with Crippen LogP contribution in [0.3, 0.4) is 0 Å². The number of carbonyl (C=O) groups is 2. The summed E-state index contributed by atoms with van der Waals surface area (Å²) in [4.78, 5) is 25.7. The van der Waals surface area contributed by atoms with Crippen LogP contribution >= 0.6 is 0 Å². The lowest BCUT2D eigenvalue weighted by Gasteiger charge is -2.35. The normalized spacial score (nSPS) is 19.8. The number of nitrogens with zero attached hydrogens (tertiary/aromatic N) is 1. The second-order valence-corrected chi connectivity index (χ2v) is 6.42. The van der Waals surface area contributed by atoms with Crippen molar-refractivity contribution in [1.82, 2.24) is 4.90 Å². The van der Waals surface area contributed by atoms with Crippen LogP contribution in [-0.2, 0) is 19.1 Å². The third-order valence-electron chi connectivity index (χ3n) is 4.02. The number of rotatable bonds is 7. The van der Waals surface area contributed by atoms with E-state index in [1.54, 1.807) is 11.0 Å². The molecule has 1 aromatic rings. The van der Waals surface area contributed by atoms with E-state index in [-0.39, 0.29) is 31.3 Å². The van der Waals surface area contributed by atoms with E-state index in [2.05, 4.69) is 0 Å². The Balaban J connectivity index is 1.81. The molecule has 1 aliphatic rings. The van der Waals surface area contributed by atoms with Gasteiger partial charge in [0.1, 0.15) is 0 Å². The zero-order chi connectivity index (χ0) is 19.8. The fourth-order valence-electron chi connectivity index (χ4n) is 2.89. The lowest BCUT2D eigenvalue weighted by atomic mass is 10.2. The van der Waals surface area contributed by atoms with Crippen LogP contribution in [0.1, 0.15) is 26.3 Å². The Morgan fingerprint density at radius 2 is 1.89 bits per heavy atom. The van der Waals surface area contributed by atoms with E-state index in [0.29, 0.717) is 24.6 Å². The van der Waals surface area contributed by atoms with Crippen molar-refractivity contribution in [3.05, 3.63) is 29.8 Å². The van der Waals surface area contributed by atoms with E-state index in [4.69, 9.17) is 18.9 Å². The molecule has 2 atom stereocenters. The standard InChI is InChI=1S/C20H27NO6/c1-5-6-16-7-8-17(18(9-16)24-4)25-13-20(23)26-12-19(22)21-10-14(2)27-15(3)11-21/h5-9,14-15H,10-13H2,1-4H3/b6-5+/t14-,15+. The number of hydrogen-bond acceptors (Lipinski definition) is 6. The Morgan fingerprint density at radius 1 is 1.19 bits per heavy atom. The second kappa shape index (κ2) is 9.97. The Kier molecular flexibility index (Phi) is 7.67. The molecular formula is C20H27NO6. The number of morpholine rings is 1. The molecule has 148 valence electrons. The minimum atomic E-state index is -0.614. The van der Waals surface area contributed by atoms with Gasteiger partial charge in [-0.2, -0.15) is 0 Å². The first-order valence-corrected chi connectivity index (χ1v) is 8.95. The number of amides is 1. The quantitative estimate of drug-likeness (QED) is 0.679. The summed E-state index contributed by atoms with van der Waals surface area (Å²) < 4.78 is 21.4. The maximum absolute atomic E-state index is 12.2. The van der Waals surface area contributed by atoms with Crippen molar-refractivity contribution in [2.75, 3.05) is 33.4 Å². The number of benzene rings is 1. The fraction of sp³-hybridized carbons (Fsp3) is 0.500. The van der Waals surface area contributed by atoms with Crippen molar-refractivity contribution >= 4 is 18.0 Å². The zero-order valence-corrected chi connectivity index (χ0v) is 16.3. The Labute approximate surface area is 159 Å². The Hall–Kier alpha value is -2.54. The van der Waals surface area contributed by atoms with Gasteiger partial charge in [-0.15, -0.1) is 0 Å². The van der Waals surface area contributed by atoms with Gasteiger partial charge in [0.05, 0.1) is 19.3 Å². The minimum absolute atomic E-state index is 0.0327. The van der Waals surface area contributed by atoms with Crippen LogP contribution in [0.5, 0.6) is 11.5 Å². The van der Waals surface area contributed by atoms with Gasteiger partial charge in [-0.1, -0.05) is 18.2 Å². The van der Waals surface area contributed by atoms with E-state index in [1.807, 2.05) is 45.1 Å². The zero-order valence-electron chi connectivity index (χ0n) is 16.3. The summed E-state index contributed by atoms with van der Waals surface area (Å²) in [6, 6.07) is 5.39. The second-order valence-electron chi connectivity index (χ2n) is 6.42. The van der Waals surface area contributed by atoms with Gasteiger partial charge in [-0.25, -0.2) is 4.79 Å². The van der Waals surface area contributed by atoms with Gasteiger partial charge in [-0.3, -0.25) is 4.79 Å². The molecule has 0 radical (unpaired) electrons. The summed E-state index contributed by atoms with van der Waals surface area (Å²) >= 11 is 0. The highest BCUT2D eigenvalue weighted by Gasteiger charge is 2.26. The van der Waals surface area contributed by atoms with E-state index >= 15 is 0 Å². The summed E-state index contributed by atoms with van der Waals surface area (Å²) in [6.45, 7) is 6.11. The fourth-order valence-corrected chi connectivity index (χ4v) is 2.89. The van der Waals surface area contributed by atoms with Crippen molar-refractivity contribution in [2.45, 2.75) is 33.0 Å². The van der Waals surface area contributed by atoms with Crippen molar-refractivity contribution in [3.8, 4) is 11.5 Å². The monoisotopic (exact) mass is 377 g/mol. The Morgan fingerprint density at radius 3 is 2.52 bits per heavy atom. The maximum Gasteiger partial charge on any atom is 0.344 e. The molecule has 0 N–H and O–H groups in total. The molecule has 1 amide bonds. The number of carbonyl (C=O) groups excluding carboxylic acids is 2. The molecule has 1 saturated heterocycles. The molecule has 1 heterocycles. The van der Waals surface area contributed by atoms with Crippen LogP contribution in [0.15, 0.2) is 24.3 Å². The van der Waals surface area contributed by atoms with Crippen molar-refractivity contribution in [2.24, 2.45) is 0 Å². The first kappa shape index (κ1) is 20.8. The minimum Gasteiger partial charge on any atom is -0.493 e. The van der Waals surface area contributed by atoms with Gasteiger partial charge in [0.2, 0.25) is 0 Å². The van der Waals surface area contributed by atoms with Crippen LogP contribution in [0.4, 0.5) is 0 Å². The summed E-state index contributed by atoms with van der Waals surface area (Å²) in [5.74, 6) is 0.103. The molecule has 0 unspecified atom stereocenters. The third kappa shape index (κ3) is 6.29.